The number of amides is 1. The first-order valence-corrected chi connectivity index (χ1v) is 8.40. The number of carbonyl (C=O) groups excluding carboxylic acids is 1. The van der Waals surface area contributed by atoms with Crippen LogP contribution in [-0.4, -0.2) is 30.1 Å². The SMILES string of the molecule is CC(C)c1nc(C(=O)NCCCC[C@H]2CCCO2)cs1. The van der Waals surface area contributed by atoms with E-state index in [1.807, 2.05) is 5.38 Å². The summed E-state index contributed by atoms with van der Waals surface area (Å²) < 4.78 is 5.58. The molecule has 1 saturated heterocycles. The summed E-state index contributed by atoms with van der Waals surface area (Å²) in [4.78, 5) is 16.3. The summed E-state index contributed by atoms with van der Waals surface area (Å²) in [5, 5.41) is 5.81. The van der Waals surface area contributed by atoms with Crippen LogP contribution < -0.4 is 5.32 Å². The highest BCUT2D eigenvalue weighted by Crippen LogP contribution is 2.19. The average molecular weight is 296 g/mol. The fourth-order valence-electron chi connectivity index (χ4n) is 2.32. The monoisotopic (exact) mass is 296 g/mol. The molecule has 0 spiro atoms. The molecule has 2 heterocycles. The number of hydrogen-bond acceptors (Lipinski definition) is 4. The van der Waals surface area contributed by atoms with Gasteiger partial charge in [0, 0.05) is 24.4 Å². The molecule has 1 fully saturated rings. The number of carbonyl (C=O) groups is 1. The van der Waals surface area contributed by atoms with Crippen molar-refractivity contribution in [2.24, 2.45) is 0 Å². The molecule has 0 aromatic carbocycles. The second-order valence-electron chi connectivity index (χ2n) is 5.61. The number of unbranched alkanes of at least 4 members (excludes halogenated alkanes) is 1. The highest BCUT2D eigenvalue weighted by atomic mass is 32.1. The second-order valence-corrected chi connectivity index (χ2v) is 6.50. The maximum Gasteiger partial charge on any atom is 0.270 e. The number of ether oxygens (including phenoxy) is 1. The predicted molar refractivity (Wildman–Crippen MR) is 81.4 cm³/mol. The van der Waals surface area contributed by atoms with E-state index >= 15 is 0 Å². The summed E-state index contributed by atoms with van der Waals surface area (Å²) in [5.41, 5.74) is 0.554. The molecule has 20 heavy (non-hydrogen) atoms. The van der Waals surface area contributed by atoms with E-state index in [2.05, 4.69) is 24.1 Å². The van der Waals surface area contributed by atoms with Gasteiger partial charge in [0.15, 0.2) is 0 Å². The molecule has 2 rings (SSSR count). The van der Waals surface area contributed by atoms with Crippen molar-refractivity contribution in [3.05, 3.63) is 16.1 Å². The molecule has 1 aromatic heterocycles. The van der Waals surface area contributed by atoms with Crippen LogP contribution in [0.25, 0.3) is 0 Å². The van der Waals surface area contributed by atoms with Gasteiger partial charge in [-0.1, -0.05) is 13.8 Å². The van der Waals surface area contributed by atoms with Gasteiger partial charge in [-0.15, -0.1) is 11.3 Å². The molecular formula is C15H24N2O2S. The lowest BCUT2D eigenvalue weighted by atomic mass is 10.1. The molecule has 0 aliphatic carbocycles. The number of rotatable bonds is 7. The lowest BCUT2D eigenvalue weighted by molar-refractivity contribution is 0.0943. The molecule has 112 valence electrons. The quantitative estimate of drug-likeness (QED) is 0.785. The number of thiazole rings is 1. The van der Waals surface area contributed by atoms with E-state index in [-0.39, 0.29) is 5.91 Å². The zero-order valence-corrected chi connectivity index (χ0v) is 13.2. The van der Waals surface area contributed by atoms with Gasteiger partial charge in [0.1, 0.15) is 5.69 Å². The minimum absolute atomic E-state index is 0.0507. The van der Waals surface area contributed by atoms with E-state index < -0.39 is 0 Å². The first kappa shape index (κ1) is 15.4. The molecule has 1 atom stereocenters. The zero-order valence-electron chi connectivity index (χ0n) is 12.4. The number of aromatic nitrogens is 1. The van der Waals surface area contributed by atoms with Crippen LogP contribution in [0.5, 0.6) is 0 Å². The summed E-state index contributed by atoms with van der Waals surface area (Å²) >= 11 is 1.56. The van der Waals surface area contributed by atoms with E-state index in [1.54, 1.807) is 11.3 Å². The molecule has 0 saturated carbocycles. The third-order valence-corrected chi connectivity index (χ3v) is 4.66. The number of nitrogens with one attached hydrogen (secondary N) is 1. The molecule has 0 radical (unpaired) electrons. The van der Waals surface area contributed by atoms with Gasteiger partial charge in [-0.05, 0) is 32.1 Å². The van der Waals surface area contributed by atoms with Crippen molar-refractivity contribution in [1.82, 2.24) is 10.3 Å². The summed E-state index contributed by atoms with van der Waals surface area (Å²) in [5.74, 6) is 0.332. The minimum atomic E-state index is -0.0507. The molecule has 1 aliphatic rings. The highest BCUT2D eigenvalue weighted by Gasteiger charge is 2.15. The van der Waals surface area contributed by atoms with Gasteiger partial charge >= 0.3 is 0 Å². The summed E-state index contributed by atoms with van der Waals surface area (Å²) in [7, 11) is 0. The summed E-state index contributed by atoms with van der Waals surface area (Å²) in [6.45, 7) is 5.82. The van der Waals surface area contributed by atoms with Gasteiger partial charge in [-0.3, -0.25) is 4.79 Å². The van der Waals surface area contributed by atoms with Gasteiger partial charge in [-0.25, -0.2) is 4.98 Å². The topological polar surface area (TPSA) is 51.2 Å². The second kappa shape index (κ2) is 7.74. The minimum Gasteiger partial charge on any atom is -0.378 e. The Morgan fingerprint density at radius 2 is 2.40 bits per heavy atom. The fraction of sp³-hybridized carbons (Fsp3) is 0.733. The van der Waals surface area contributed by atoms with E-state index in [0.717, 1.165) is 37.4 Å². The lowest BCUT2D eigenvalue weighted by Gasteiger charge is -2.08. The molecule has 1 amide bonds. The third-order valence-electron chi connectivity index (χ3n) is 3.51. The number of hydrogen-bond donors (Lipinski definition) is 1. The summed E-state index contributed by atoms with van der Waals surface area (Å²) in [6.07, 6.45) is 6.08. The normalized spacial score (nSPS) is 18.6. The first-order chi connectivity index (χ1) is 9.66. The molecule has 0 unspecified atom stereocenters. The fourth-order valence-corrected chi connectivity index (χ4v) is 3.13. The molecule has 5 heteroatoms. The Labute approximate surface area is 124 Å². The Bertz CT molecular complexity index is 425. The van der Waals surface area contributed by atoms with Crippen molar-refractivity contribution >= 4 is 17.2 Å². The zero-order chi connectivity index (χ0) is 14.4. The largest absolute Gasteiger partial charge is 0.378 e. The molecule has 0 bridgehead atoms. The molecule has 1 N–H and O–H groups in total. The molecule has 1 aromatic rings. The maximum atomic E-state index is 11.9. The third kappa shape index (κ3) is 4.56. The van der Waals surface area contributed by atoms with E-state index in [4.69, 9.17) is 4.74 Å². The van der Waals surface area contributed by atoms with Crippen LogP contribution in [0.2, 0.25) is 0 Å². The standard InChI is InChI=1S/C15H24N2O2S/c1-11(2)15-17-13(10-20-15)14(18)16-8-4-3-6-12-7-5-9-19-12/h10-12H,3-9H2,1-2H3,(H,16,18)/t12-/m0/s1. The van der Waals surface area contributed by atoms with Crippen molar-refractivity contribution in [3.63, 3.8) is 0 Å². The van der Waals surface area contributed by atoms with Crippen LogP contribution in [0.4, 0.5) is 0 Å². The highest BCUT2D eigenvalue weighted by molar-refractivity contribution is 7.09. The van der Waals surface area contributed by atoms with E-state index in [1.165, 1.54) is 12.8 Å². The Morgan fingerprint density at radius 1 is 1.55 bits per heavy atom. The Morgan fingerprint density at radius 3 is 3.05 bits per heavy atom. The summed E-state index contributed by atoms with van der Waals surface area (Å²) in [6, 6.07) is 0. The van der Waals surface area contributed by atoms with Crippen molar-refractivity contribution < 1.29 is 9.53 Å². The van der Waals surface area contributed by atoms with Gasteiger partial charge in [-0.2, -0.15) is 0 Å². The van der Waals surface area contributed by atoms with Gasteiger partial charge in [0.05, 0.1) is 11.1 Å². The van der Waals surface area contributed by atoms with Crippen molar-refractivity contribution in [2.45, 2.75) is 58.0 Å². The van der Waals surface area contributed by atoms with Crippen LogP contribution in [0.1, 0.15) is 67.4 Å². The van der Waals surface area contributed by atoms with Crippen LogP contribution in [0.15, 0.2) is 5.38 Å². The van der Waals surface area contributed by atoms with Crippen molar-refractivity contribution in [1.29, 1.82) is 0 Å². The Balaban J connectivity index is 1.61. The van der Waals surface area contributed by atoms with Crippen molar-refractivity contribution in [2.75, 3.05) is 13.2 Å². The van der Waals surface area contributed by atoms with Gasteiger partial charge in [0.25, 0.3) is 5.91 Å². The van der Waals surface area contributed by atoms with Crippen LogP contribution in [0.3, 0.4) is 0 Å². The van der Waals surface area contributed by atoms with E-state index in [9.17, 15) is 4.79 Å². The van der Waals surface area contributed by atoms with Crippen LogP contribution >= 0.6 is 11.3 Å². The molecular weight excluding hydrogens is 272 g/mol. The van der Waals surface area contributed by atoms with Gasteiger partial charge < -0.3 is 10.1 Å². The first-order valence-electron chi connectivity index (χ1n) is 7.52. The maximum absolute atomic E-state index is 11.9. The Hall–Kier alpha value is -0.940. The smallest absolute Gasteiger partial charge is 0.270 e. The molecule has 1 aliphatic heterocycles. The van der Waals surface area contributed by atoms with Crippen LogP contribution in [-0.2, 0) is 4.74 Å². The van der Waals surface area contributed by atoms with Crippen LogP contribution in [0, 0.1) is 0 Å². The Kier molecular flexibility index (Phi) is 5.98. The number of nitrogens with zero attached hydrogens (tertiary/aromatic N) is 1. The van der Waals surface area contributed by atoms with Crippen molar-refractivity contribution in [3.8, 4) is 0 Å². The predicted octanol–water partition coefficient (Wildman–Crippen LogP) is 3.35. The lowest BCUT2D eigenvalue weighted by Crippen LogP contribution is -2.25. The van der Waals surface area contributed by atoms with E-state index in [0.29, 0.717) is 17.7 Å². The van der Waals surface area contributed by atoms with Gasteiger partial charge in [0.2, 0.25) is 0 Å². The molecule has 4 nitrogen and oxygen atoms in total. The average Bonchev–Trinajstić information content (AvgIpc) is 3.09.